The molecule has 32 heavy (non-hydrogen) atoms. The van der Waals surface area contributed by atoms with E-state index in [4.69, 9.17) is 21.6 Å². The lowest BCUT2D eigenvalue weighted by atomic mass is 10.1. The van der Waals surface area contributed by atoms with Crippen LogP contribution in [0.1, 0.15) is 13.8 Å². The SMILES string of the molecule is CC(C)/N=c1\cc2n(-c3ccc(Cl)cc3)c3ccccc3nc-2cc1Nc1cccnc1. The van der Waals surface area contributed by atoms with Gasteiger partial charge in [-0.15, -0.1) is 0 Å². The van der Waals surface area contributed by atoms with Crippen molar-refractivity contribution in [1.29, 1.82) is 0 Å². The van der Waals surface area contributed by atoms with Crippen LogP contribution >= 0.6 is 11.6 Å². The van der Waals surface area contributed by atoms with E-state index in [0.29, 0.717) is 5.02 Å². The largest absolute Gasteiger partial charge is 0.352 e. The Morgan fingerprint density at radius 3 is 2.53 bits per heavy atom. The van der Waals surface area contributed by atoms with Gasteiger partial charge in [0.15, 0.2) is 0 Å². The number of nitrogens with one attached hydrogen (secondary N) is 1. The van der Waals surface area contributed by atoms with Crippen LogP contribution in [0.2, 0.25) is 5.02 Å². The Morgan fingerprint density at radius 1 is 0.969 bits per heavy atom. The second-order valence-electron chi connectivity index (χ2n) is 7.86. The first-order valence-electron chi connectivity index (χ1n) is 10.5. The third-order valence-electron chi connectivity index (χ3n) is 5.12. The van der Waals surface area contributed by atoms with E-state index in [1.807, 2.05) is 54.6 Å². The zero-order valence-electron chi connectivity index (χ0n) is 17.8. The molecule has 2 aromatic carbocycles. The van der Waals surface area contributed by atoms with Crippen molar-refractivity contribution in [3.8, 4) is 17.1 Å². The number of anilines is 2. The highest BCUT2D eigenvalue weighted by Crippen LogP contribution is 2.30. The first-order chi connectivity index (χ1) is 15.6. The Kier molecular flexibility index (Phi) is 5.33. The van der Waals surface area contributed by atoms with E-state index in [9.17, 15) is 0 Å². The fourth-order valence-electron chi connectivity index (χ4n) is 3.79. The quantitative estimate of drug-likeness (QED) is 0.337. The number of hydrogen-bond donors (Lipinski definition) is 1. The number of pyridine rings is 1. The van der Waals surface area contributed by atoms with E-state index in [1.54, 1.807) is 12.4 Å². The predicted molar refractivity (Wildman–Crippen MR) is 131 cm³/mol. The van der Waals surface area contributed by atoms with Crippen molar-refractivity contribution >= 4 is 34.0 Å². The minimum atomic E-state index is 0.138. The van der Waals surface area contributed by atoms with Gasteiger partial charge in [-0.3, -0.25) is 9.98 Å². The van der Waals surface area contributed by atoms with Gasteiger partial charge in [0.1, 0.15) is 0 Å². The van der Waals surface area contributed by atoms with Crippen LogP contribution in [0.15, 0.2) is 90.2 Å². The smallest absolute Gasteiger partial charge is 0.0900 e. The van der Waals surface area contributed by atoms with E-state index in [0.717, 1.165) is 44.8 Å². The van der Waals surface area contributed by atoms with E-state index in [1.165, 1.54) is 0 Å². The predicted octanol–water partition coefficient (Wildman–Crippen LogP) is 6.23. The van der Waals surface area contributed by atoms with Gasteiger partial charge in [-0.1, -0.05) is 23.7 Å². The molecule has 0 saturated carbocycles. The zero-order chi connectivity index (χ0) is 22.1. The van der Waals surface area contributed by atoms with Crippen molar-refractivity contribution in [3.63, 3.8) is 0 Å². The second kappa shape index (κ2) is 8.44. The number of hydrogen-bond acceptors (Lipinski definition) is 4. The number of nitrogens with zero attached hydrogens (tertiary/aromatic N) is 4. The molecule has 1 aliphatic heterocycles. The molecule has 0 unspecified atom stereocenters. The molecule has 5 rings (SSSR count). The molecule has 0 amide bonds. The maximum atomic E-state index is 6.17. The molecule has 0 bridgehead atoms. The van der Waals surface area contributed by atoms with E-state index < -0.39 is 0 Å². The molecular weight excluding hydrogens is 418 g/mol. The molecule has 1 N–H and O–H groups in total. The van der Waals surface area contributed by atoms with Crippen LogP contribution in [-0.2, 0) is 0 Å². The molecule has 1 aromatic heterocycles. The summed E-state index contributed by atoms with van der Waals surface area (Å²) in [6.45, 7) is 4.15. The average Bonchev–Trinajstić information content (AvgIpc) is 2.79. The maximum absolute atomic E-state index is 6.17. The van der Waals surface area contributed by atoms with Gasteiger partial charge in [0.05, 0.1) is 45.4 Å². The molecule has 0 radical (unpaired) electrons. The molecule has 2 heterocycles. The Balaban J connectivity index is 1.83. The topological polar surface area (TPSA) is 55.1 Å². The molecule has 1 aliphatic carbocycles. The molecule has 6 heteroatoms. The fourth-order valence-corrected chi connectivity index (χ4v) is 3.91. The van der Waals surface area contributed by atoms with Crippen LogP contribution in [0.5, 0.6) is 0 Å². The summed E-state index contributed by atoms with van der Waals surface area (Å²) in [6, 6.07) is 24.2. The highest BCUT2D eigenvalue weighted by Gasteiger charge is 2.16. The van der Waals surface area contributed by atoms with Crippen molar-refractivity contribution in [3.05, 3.63) is 95.6 Å². The number of aromatic nitrogens is 3. The van der Waals surface area contributed by atoms with Crippen LogP contribution in [-0.4, -0.2) is 20.6 Å². The van der Waals surface area contributed by atoms with Crippen LogP contribution in [0, 0.1) is 0 Å². The van der Waals surface area contributed by atoms with Crippen molar-refractivity contribution in [2.75, 3.05) is 5.32 Å². The summed E-state index contributed by atoms with van der Waals surface area (Å²) in [5.41, 5.74) is 6.58. The molecule has 0 saturated heterocycles. The Morgan fingerprint density at radius 2 is 1.78 bits per heavy atom. The first-order valence-corrected chi connectivity index (χ1v) is 10.9. The van der Waals surface area contributed by atoms with Crippen molar-refractivity contribution < 1.29 is 0 Å². The highest BCUT2D eigenvalue weighted by molar-refractivity contribution is 6.30. The van der Waals surface area contributed by atoms with Gasteiger partial charge < -0.3 is 9.88 Å². The summed E-state index contributed by atoms with van der Waals surface area (Å²) in [7, 11) is 0. The number of para-hydroxylation sites is 2. The highest BCUT2D eigenvalue weighted by atomic mass is 35.5. The summed E-state index contributed by atoms with van der Waals surface area (Å²) >= 11 is 6.17. The minimum Gasteiger partial charge on any atom is -0.352 e. The average molecular weight is 440 g/mol. The standard InChI is InChI=1S/C26H22ClN5/c1-17(2)29-23-15-26-24(14-22(23)30-19-6-5-13-28-16-19)31-21-7-3-4-8-25(21)32(26)20-11-9-18(27)10-12-20/h3-17,30H,1-2H3/b29-23+. The molecule has 0 atom stereocenters. The van der Waals surface area contributed by atoms with Crippen molar-refractivity contribution in [2.45, 2.75) is 19.9 Å². The minimum absolute atomic E-state index is 0.138. The Labute approximate surface area is 191 Å². The maximum Gasteiger partial charge on any atom is 0.0900 e. The monoisotopic (exact) mass is 439 g/mol. The number of fused-ring (bicyclic) bond motifs is 2. The van der Waals surface area contributed by atoms with Gasteiger partial charge >= 0.3 is 0 Å². The van der Waals surface area contributed by atoms with Crippen molar-refractivity contribution in [2.24, 2.45) is 4.99 Å². The second-order valence-corrected chi connectivity index (χ2v) is 8.30. The van der Waals surface area contributed by atoms with Crippen LogP contribution < -0.4 is 10.7 Å². The number of benzene rings is 3. The van der Waals surface area contributed by atoms with Crippen LogP contribution in [0.4, 0.5) is 11.4 Å². The Bertz CT molecular complexity index is 1420. The number of rotatable bonds is 4. The molecule has 0 fully saturated rings. The summed E-state index contributed by atoms with van der Waals surface area (Å²) in [5, 5.41) is 5.04. The third kappa shape index (κ3) is 3.95. The lowest BCUT2D eigenvalue weighted by Crippen LogP contribution is -2.16. The van der Waals surface area contributed by atoms with Gasteiger partial charge in [0.2, 0.25) is 0 Å². The Hall–Kier alpha value is -3.70. The van der Waals surface area contributed by atoms with Gasteiger partial charge in [-0.05, 0) is 74.5 Å². The normalized spacial score (nSPS) is 12.1. The summed E-state index contributed by atoms with van der Waals surface area (Å²) < 4.78 is 2.21. The third-order valence-corrected chi connectivity index (χ3v) is 5.37. The lowest BCUT2D eigenvalue weighted by Gasteiger charge is -2.20. The zero-order valence-corrected chi connectivity index (χ0v) is 18.6. The van der Waals surface area contributed by atoms with Crippen molar-refractivity contribution in [1.82, 2.24) is 14.5 Å². The van der Waals surface area contributed by atoms with Crippen LogP contribution in [0.3, 0.4) is 0 Å². The molecular formula is C26H22ClN5. The molecule has 2 aliphatic rings. The summed E-state index contributed by atoms with van der Waals surface area (Å²) in [4.78, 5) is 14.1. The van der Waals surface area contributed by atoms with Gasteiger partial charge in [-0.25, -0.2) is 4.98 Å². The first kappa shape index (κ1) is 20.2. The van der Waals surface area contributed by atoms with E-state index >= 15 is 0 Å². The molecule has 158 valence electrons. The van der Waals surface area contributed by atoms with E-state index in [-0.39, 0.29) is 6.04 Å². The molecule has 0 spiro atoms. The van der Waals surface area contributed by atoms with Crippen LogP contribution in [0.25, 0.3) is 28.1 Å². The van der Waals surface area contributed by atoms with Gasteiger partial charge in [0, 0.05) is 22.9 Å². The summed E-state index contributed by atoms with van der Waals surface area (Å²) in [6.07, 6.45) is 3.55. The van der Waals surface area contributed by atoms with Gasteiger partial charge in [0.25, 0.3) is 0 Å². The van der Waals surface area contributed by atoms with E-state index in [2.05, 4.69) is 46.9 Å². The molecule has 3 aromatic rings. The lowest BCUT2D eigenvalue weighted by molar-refractivity contribution is 0.806. The fraction of sp³-hybridized carbons (Fsp3) is 0.115. The summed E-state index contributed by atoms with van der Waals surface area (Å²) in [5.74, 6) is 0. The molecule has 5 nitrogen and oxygen atoms in total. The van der Waals surface area contributed by atoms with Gasteiger partial charge in [-0.2, -0.15) is 0 Å². The number of halogens is 1.